The van der Waals surface area contributed by atoms with Crippen LogP contribution in [-0.4, -0.2) is 33.1 Å². The molecule has 0 atom stereocenters. The molecule has 3 heterocycles. The van der Waals surface area contributed by atoms with E-state index in [0.29, 0.717) is 0 Å². The molecule has 5 nitrogen and oxygen atoms in total. The molecule has 1 aliphatic heterocycles. The number of nitrogens with zero attached hydrogens (tertiary/aromatic N) is 4. The third-order valence-electron chi connectivity index (χ3n) is 5.04. The predicted octanol–water partition coefficient (Wildman–Crippen LogP) is 3.33. The number of aromatic nitrogens is 3. The first-order chi connectivity index (χ1) is 12.2. The van der Waals surface area contributed by atoms with Crippen LogP contribution in [0.25, 0.3) is 10.9 Å². The summed E-state index contributed by atoms with van der Waals surface area (Å²) in [4.78, 5) is 11.4. The molecule has 1 aliphatic rings. The van der Waals surface area contributed by atoms with Crippen molar-refractivity contribution in [1.82, 2.24) is 19.4 Å². The number of hydrogen-bond acceptors (Lipinski definition) is 4. The summed E-state index contributed by atoms with van der Waals surface area (Å²) in [6.07, 6.45) is 5.27. The SMILES string of the molecule is CCn1cc(CN2CCc3nc(C)ncc3C2)c2cc(OC)ccc21. The highest BCUT2D eigenvalue weighted by molar-refractivity contribution is 5.85. The van der Waals surface area contributed by atoms with Gasteiger partial charge in [-0.3, -0.25) is 4.90 Å². The third-order valence-corrected chi connectivity index (χ3v) is 5.04. The molecule has 130 valence electrons. The van der Waals surface area contributed by atoms with E-state index in [4.69, 9.17) is 4.74 Å². The molecule has 0 spiro atoms. The Labute approximate surface area is 148 Å². The van der Waals surface area contributed by atoms with E-state index in [-0.39, 0.29) is 0 Å². The second-order valence-electron chi connectivity index (χ2n) is 6.67. The quantitative estimate of drug-likeness (QED) is 0.733. The smallest absolute Gasteiger partial charge is 0.125 e. The Bertz CT molecular complexity index is 915. The summed E-state index contributed by atoms with van der Waals surface area (Å²) in [6.45, 7) is 8.00. The standard InChI is InChI=1S/C20H24N4O/c1-4-24-13-16(18-9-17(25-3)5-6-20(18)24)12-23-8-7-19-15(11-23)10-21-14(2)22-19/h5-6,9-10,13H,4,7-8,11-12H2,1-3H3. The lowest BCUT2D eigenvalue weighted by Gasteiger charge is -2.27. The fourth-order valence-corrected chi connectivity index (χ4v) is 3.71. The van der Waals surface area contributed by atoms with Gasteiger partial charge >= 0.3 is 0 Å². The maximum absolute atomic E-state index is 5.43. The van der Waals surface area contributed by atoms with Crippen molar-refractivity contribution in [3.63, 3.8) is 0 Å². The second kappa shape index (κ2) is 6.48. The van der Waals surface area contributed by atoms with Crippen molar-refractivity contribution in [1.29, 1.82) is 0 Å². The zero-order chi connectivity index (χ0) is 17.4. The molecule has 0 N–H and O–H groups in total. The number of aryl methyl sites for hydroxylation is 2. The Balaban J connectivity index is 1.63. The molecule has 0 saturated heterocycles. The molecule has 0 unspecified atom stereocenters. The van der Waals surface area contributed by atoms with Crippen molar-refractivity contribution in [2.75, 3.05) is 13.7 Å². The summed E-state index contributed by atoms with van der Waals surface area (Å²) in [6, 6.07) is 6.35. The largest absolute Gasteiger partial charge is 0.497 e. The third kappa shape index (κ3) is 3.00. The molecule has 0 aliphatic carbocycles. The number of methoxy groups -OCH3 is 1. The molecule has 0 saturated carbocycles. The average molecular weight is 336 g/mol. The minimum absolute atomic E-state index is 0.866. The Morgan fingerprint density at radius 1 is 1.28 bits per heavy atom. The van der Waals surface area contributed by atoms with Gasteiger partial charge in [-0.1, -0.05) is 0 Å². The van der Waals surface area contributed by atoms with Crippen molar-refractivity contribution < 1.29 is 4.74 Å². The lowest BCUT2D eigenvalue weighted by Crippen LogP contribution is -2.31. The molecule has 3 aromatic rings. The summed E-state index contributed by atoms with van der Waals surface area (Å²) >= 11 is 0. The molecule has 0 amide bonds. The minimum Gasteiger partial charge on any atom is -0.497 e. The van der Waals surface area contributed by atoms with Gasteiger partial charge in [0, 0.05) is 67.2 Å². The van der Waals surface area contributed by atoms with Crippen LogP contribution < -0.4 is 4.74 Å². The van der Waals surface area contributed by atoms with E-state index in [0.717, 1.165) is 44.2 Å². The van der Waals surface area contributed by atoms with Gasteiger partial charge in [0.25, 0.3) is 0 Å². The van der Waals surface area contributed by atoms with Gasteiger partial charge in [0.2, 0.25) is 0 Å². The normalized spacial score (nSPS) is 14.7. The Morgan fingerprint density at radius 2 is 2.16 bits per heavy atom. The molecule has 0 fully saturated rings. The summed E-state index contributed by atoms with van der Waals surface area (Å²) in [5.41, 5.74) is 5.09. The van der Waals surface area contributed by atoms with Gasteiger partial charge in [0.15, 0.2) is 0 Å². The van der Waals surface area contributed by atoms with Crippen molar-refractivity contribution in [3.05, 3.63) is 53.2 Å². The topological polar surface area (TPSA) is 43.2 Å². The number of ether oxygens (including phenoxy) is 1. The Kier molecular flexibility index (Phi) is 4.17. The Hall–Kier alpha value is -2.40. The number of benzene rings is 1. The van der Waals surface area contributed by atoms with E-state index in [1.165, 1.54) is 27.7 Å². The van der Waals surface area contributed by atoms with Crippen LogP contribution in [0, 0.1) is 6.92 Å². The first kappa shape index (κ1) is 16.1. The fourth-order valence-electron chi connectivity index (χ4n) is 3.71. The monoisotopic (exact) mass is 336 g/mol. The van der Waals surface area contributed by atoms with Crippen LogP contribution in [0.3, 0.4) is 0 Å². The maximum Gasteiger partial charge on any atom is 0.125 e. The zero-order valence-electron chi connectivity index (χ0n) is 15.1. The van der Waals surface area contributed by atoms with E-state index in [1.807, 2.05) is 19.2 Å². The summed E-state index contributed by atoms with van der Waals surface area (Å²) in [5, 5.41) is 1.28. The maximum atomic E-state index is 5.43. The van der Waals surface area contributed by atoms with Crippen molar-refractivity contribution in [3.8, 4) is 5.75 Å². The van der Waals surface area contributed by atoms with Crippen LogP contribution in [0.2, 0.25) is 0 Å². The second-order valence-corrected chi connectivity index (χ2v) is 6.67. The van der Waals surface area contributed by atoms with E-state index >= 15 is 0 Å². The van der Waals surface area contributed by atoms with E-state index < -0.39 is 0 Å². The molecule has 4 rings (SSSR count). The van der Waals surface area contributed by atoms with Gasteiger partial charge in [-0.05, 0) is 37.6 Å². The number of hydrogen-bond donors (Lipinski definition) is 0. The van der Waals surface area contributed by atoms with Crippen molar-refractivity contribution >= 4 is 10.9 Å². The lowest BCUT2D eigenvalue weighted by atomic mass is 10.1. The summed E-state index contributed by atoms with van der Waals surface area (Å²) in [7, 11) is 1.72. The average Bonchev–Trinajstić information content (AvgIpc) is 2.98. The van der Waals surface area contributed by atoms with Crippen LogP contribution in [0.15, 0.2) is 30.6 Å². The molecule has 0 bridgehead atoms. The van der Waals surface area contributed by atoms with Crippen LogP contribution >= 0.6 is 0 Å². The van der Waals surface area contributed by atoms with Gasteiger partial charge in [-0.25, -0.2) is 9.97 Å². The molecular formula is C20H24N4O. The molecule has 5 heteroatoms. The molecule has 2 aromatic heterocycles. The highest BCUT2D eigenvalue weighted by Gasteiger charge is 2.20. The highest BCUT2D eigenvalue weighted by atomic mass is 16.5. The van der Waals surface area contributed by atoms with E-state index in [2.05, 4.69) is 44.7 Å². The zero-order valence-corrected chi connectivity index (χ0v) is 15.1. The molecular weight excluding hydrogens is 312 g/mol. The first-order valence-electron chi connectivity index (χ1n) is 8.87. The van der Waals surface area contributed by atoms with Crippen molar-refractivity contribution in [2.24, 2.45) is 0 Å². The fraction of sp³-hybridized carbons (Fsp3) is 0.400. The van der Waals surface area contributed by atoms with Gasteiger partial charge in [0.05, 0.1) is 7.11 Å². The molecule has 1 aromatic carbocycles. The molecule has 0 radical (unpaired) electrons. The summed E-state index contributed by atoms with van der Waals surface area (Å²) < 4.78 is 7.74. The predicted molar refractivity (Wildman–Crippen MR) is 98.8 cm³/mol. The molecule has 25 heavy (non-hydrogen) atoms. The first-order valence-corrected chi connectivity index (χ1v) is 8.87. The van der Waals surface area contributed by atoms with Crippen LogP contribution in [0.1, 0.15) is 29.6 Å². The van der Waals surface area contributed by atoms with Crippen LogP contribution in [0.5, 0.6) is 5.75 Å². The van der Waals surface area contributed by atoms with Gasteiger partial charge in [-0.15, -0.1) is 0 Å². The van der Waals surface area contributed by atoms with Crippen LogP contribution in [-0.2, 0) is 26.1 Å². The lowest BCUT2D eigenvalue weighted by molar-refractivity contribution is 0.243. The van der Waals surface area contributed by atoms with Crippen molar-refractivity contribution in [2.45, 2.75) is 39.9 Å². The number of rotatable bonds is 4. The highest BCUT2D eigenvalue weighted by Crippen LogP contribution is 2.28. The van der Waals surface area contributed by atoms with E-state index in [1.54, 1.807) is 7.11 Å². The Morgan fingerprint density at radius 3 is 2.96 bits per heavy atom. The van der Waals surface area contributed by atoms with E-state index in [9.17, 15) is 0 Å². The summed E-state index contributed by atoms with van der Waals surface area (Å²) in [5.74, 6) is 1.78. The number of fused-ring (bicyclic) bond motifs is 2. The van der Waals surface area contributed by atoms with Gasteiger partial charge < -0.3 is 9.30 Å². The van der Waals surface area contributed by atoms with Crippen LogP contribution in [0.4, 0.5) is 0 Å². The van der Waals surface area contributed by atoms with Gasteiger partial charge in [-0.2, -0.15) is 0 Å². The van der Waals surface area contributed by atoms with Gasteiger partial charge in [0.1, 0.15) is 11.6 Å². The minimum atomic E-state index is 0.866.